The molecule has 0 bridgehead atoms. The second-order valence-electron chi connectivity index (χ2n) is 6.45. The van der Waals surface area contributed by atoms with E-state index in [0.717, 1.165) is 18.5 Å². The number of hydrogen-bond acceptors (Lipinski definition) is 4. The van der Waals surface area contributed by atoms with Crippen LogP contribution in [0.3, 0.4) is 0 Å². The van der Waals surface area contributed by atoms with Crippen LogP contribution < -0.4 is 11.1 Å². The Morgan fingerprint density at radius 1 is 1.38 bits per heavy atom. The monoisotopic (exact) mass is 396 g/mol. The van der Waals surface area contributed by atoms with E-state index in [0.29, 0.717) is 17.4 Å². The largest absolute Gasteiger partial charge is 0.368 e. The Kier molecular flexibility index (Phi) is 5.65. The molecule has 1 amide bonds. The van der Waals surface area contributed by atoms with Crippen molar-refractivity contribution in [1.82, 2.24) is 9.88 Å². The molecule has 0 spiro atoms. The van der Waals surface area contributed by atoms with Crippen molar-refractivity contribution >= 4 is 34.9 Å². The Hall–Kier alpha value is -1.89. The zero-order valence-electron chi connectivity index (χ0n) is 14.2. The van der Waals surface area contributed by atoms with Gasteiger partial charge in [0.05, 0.1) is 15.6 Å². The Balaban J connectivity index is 1.74. The van der Waals surface area contributed by atoms with Gasteiger partial charge >= 0.3 is 0 Å². The number of aromatic nitrogens is 1. The van der Waals surface area contributed by atoms with Crippen molar-refractivity contribution in [2.45, 2.75) is 12.5 Å². The standard InChI is InChI=1S/C18H19Cl2FN4O/c1-25-5-4-11(16(25)10-2-3-13(19)15(21)7-10)8-23-18-14(20)6-12(9-24-18)17(22)26/h2-3,6-7,9,11,16H,4-5,8H2,1H3,(H2,22,26)(H,23,24). The summed E-state index contributed by atoms with van der Waals surface area (Å²) in [4.78, 5) is 17.5. The molecule has 2 heterocycles. The first-order valence-electron chi connectivity index (χ1n) is 8.21. The van der Waals surface area contributed by atoms with Gasteiger partial charge < -0.3 is 11.1 Å². The molecule has 138 valence electrons. The van der Waals surface area contributed by atoms with E-state index in [4.69, 9.17) is 28.9 Å². The van der Waals surface area contributed by atoms with Crippen LogP contribution in [0.4, 0.5) is 10.2 Å². The highest BCUT2D eigenvalue weighted by Gasteiger charge is 2.33. The average molecular weight is 397 g/mol. The fourth-order valence-electron chi connectivity index (χ4n) is 3.39. The number of likely N-dealkylation sites (tertiary alicyclic amines) is 1. The molecule has 1 fully saturated rings. The highest BCUT2D eigenvalue weighted by molar-refractivity contribution is 6.33. The van der Waals surface area contributed by atoms with Gasteiger partial charge in [0.2, 0.25) is 5.91 Å². The van der Waals surface area contributed by atoms with Crippen LogP contribution in [0.2, 0.25) is 10.0 Å². The first kappa shape index (κ1) is 18.9. The zero-order chi connectivity index (χ0) is 18.8. The highest BCUT2D eigenvalue weighted by atomic mass is 35.5. The van der Waals surface area contributed by atoms with E-state index in [-0.39, 0.29) is 22.5 Å². The molecular weight excluding hydrogens is 378 g/mol. The van der Waals surface area contributed by atoms with Gasteiger partial charge in [-0.2, -0.15) is 0 Å². The molecule has 2 atom stereocenters. The minimum atomic E-state index is -0.576. The molecular formula is C18H19Cl2FN4O. The number of carbonyl (C=O) groups excluding carboxylic acids is 1. The predicted molar refractivity (Wildman–Crippen MR) is 101 cm³/mol. The van der Waals surface area contributed by atoms with Crippen LogP contribution in [0.1, 0.15) is 28.4 Å². The zero-order valence-corrected chi connectivity index (χ0v) is 15.7. The van der Waals surface area contributed by atoms with Crippen molar-refractivity contribution in [2.24, 2.45) is 11.7 Å². The van der Waals surface area contributed by atoms with E-state index in [9.17, 15) is 9.18 Å². The Morgan fingerprint density at radius 3 is 2.81 bits per heavy atom. The maximum atomic E-state index is 13.9. The van der Waals surface area contributed by atoms with Crippen LogP contribution in [-0.4, -0.2) is 35.9 Å². The summed E-state index contributed by atoms with van der Waals surface area (Å²) >= 11 is 12.0. The number of pyridine rings is 1. The van der Waals surface area contributed by atoms with Crippen LogP contribution in [0.5, 0.6) is 0 Å². The van der Waals surface area contributed by atoms with Crippen LogP contribution in [0, 0.1) is 11.7 Å². The van der Waals surface area contributed by atoms with Crippen LogP contribution >= 0.6 is 23.2 Å². The molecule has 26 heavy (non-hydrogen) atoms. The summed E-state index contributed by atoms with van der Waals surface area (Å²) in [5, 5.41) is 3.68. The SMILES string of the molecule is CN1CCC(CNc2ncc(C(N)=O)cc2Cl)C1c1ccc(Cl)c(F)c1. The summed E-state index contributed by atoms with van der Waals surface area (Å²) in [5.41, 5.74) is 6.37. The summed E-state index contributed by atoms with van der Waals surface area (Å²) in [6, 6.07) is 6.50. The lowest BCUT2D eigenvalue weighted by molar-refractivity contribution is 0.1000. The number of anilines is 1. The van der Waals surface area contributed by atoms with Crippen molar-refractivity contribution in [2.75, 3.05) is 25.5 Å². The van der Waals surface area contributed by atoms with Crippen molar-refractivity contribution < 1.29 is 9.18 Å². The van der Waals surface area contributed by atoms with Gasteiger partial charge in [-0.3, -0.25) is 9.69 Å². The van der Waals surface area contributed by atoms with E-state index < -0.39 is 11.7 Å². The van der Waals surface area contributed by atoms with Gasteiger partial charge in [0.1, 0.15) is 11.6 Å². The number of benzene rings is 1. The minimum absolute atomic E-state index is 0.0675. The number of primary amides is 1. The molecule has 2 unspecified atom stereocenters. The number of hydrogen-bond donors (Lipinski definition) is 2. The maximum Gasteiger partial charge on any atom is 0.250 e. The number of nitrogens with zero attached hydrogens (tertiary/aromatic N) is 2. The molecule has 0 saturated carbocycles. The number of nitrogens with two attached hydrogens (primary N) is 1. The van der Waals surface area contributed by atoms with Gasteiger partial charge in [-0.1, -0.05) is 29.3 Å². The van der Waals surface area contributed by atoms with Crippen molar-refractivity contribution in [3.05, 3.63) is 57.5 Å². The number of carbonyl (C=O) groups is 1. The molecule has 1 saturated heterocycles. The number of rotatable bonds is 5. The van der Waals surface area contributed by atoms with E-state index in [1.807, 2.05) is 13.1 Å². The van der Waals surface area contributed by atoms with E-state index in [1.54, 1.807) is 6.07 Å². The summed E-state index contributed by atoms with van der Waals surface area (Å²) in [5.74, 6) is -0.252. The lowest BCUT2D eigenvalue weighted by Crippen LogP contribution is -2.25. The highest BCUT2D eigenvalue weighted by Crippen LogP contribution is 2.37. The summed E-state index contributed by atoms with van der Waals surface area (Å²) in [6.45, 7) is 1.52. The van der Waals surface area contributed by atoms with E-state index in [2.05, 4.69) is 15.2 Å². The third-order valence-corrected chi connectivity index (χ3v) is 5.31. The Morgan fingerprint density at radius 2 is 2.15 bits per heavy atom. The number of amides is 1. The number of halogens is 3. The van der Waals surface area contributed by atoms with E-state index >= 15 is 0 Å². The normalized spacial score (nSPS) is 20.3. The fourth-order valence-corrected chi connectivity index (χ4v) is 3.74. The van der Waals surface area contributed by atoms with Crippen molar-refractivity contribution in [3.63, 3.8) is 0 Å². The summed E-state index contributed by atoms with van der Waals surface area (Å²) in [6.07, 6.45) is 2.35. The van der Waals surface area contributed by atoms with Crippen molar-refractivity contribution in [1.29, 1.82) is 0 Å². The summed E-state index contributed by atoms with van der Waals surface area (Å²) < 4.78 is 13.9. The lowest BCUT2D eigenvalue weighted by Gasteiger charge is -2.26. The van der Waals surface area contributed by atoms with Gasteiger partial charge in [0, 0.05) is 18.8 Å². The second kappa shape index (κ2) is 7.78. The lowest BCUT2D eigenvalue weighted by atomic mass is 9.93. The second-order valence-corrected chi connectivity index (χ2v) is 7.26. The first-order valence-corrected chi connectivity index (χ1v) is 8.97. The smallest absolute Gasteiger partial charge is 0.250 e. The van der Waals surface area contributed by atoms with Gasteiger partial charge in [-0.25, -0.2) is 9.37 Å². The summed E-state index contributed by atoms with van der Waals surface area (Å²) in [7, 11) is 2.02. The van der Waals surface area contributed by atoms with Crippen LogP contribution in [-0.2, 0) is 0 Å². The molecule has 1 aliphatic heterocycles. The molecule has 0 aliphatic carbocycles. The Labute approximate surface area is 161 Å². The first-order chi connectivity index (χ1) is 12.4. The molecule has 3 rings (SSSR count). The number of nitrogens with one attached hydrogen (secondary N) is 1. The molecule has 8 heteroatoms. The van der Waals surface area contributed by atoms with Gasteiger partial charge in [-0.05, 0) is 49.7 Å². The Bertz CT molecular complexity index is 833. The molecule has 0 radical (unpaired) electrons. The molecule has 5 nitrogen and oxygen atoms in total. The van der Waals surface area contributed by atoms with Gasteiger partial charge in [-0.15, -0.1) is 0 Å². The quantitative estimate of drug-likeness (QED) is 0.807. The molecule has 1 aromatic heterocycles. The average Bonchev–Trinajstić information content (AvgIpc) is 2.97. The van der Waals surface area contributed by atoms with Gasteiger partial charge in [0.25, 0.3) is 0 Å². The maximum absolute atomic E-state index is 13.9. The minimum Gasteiger partial charge on any atom is -0.368 e. The van der Waals surface area contributed by atoms with Gasteiger partial charge in [0.15, 0.2) is 0 Å². The molecule has 3 N–H and O–H groups in total. The third-order valence-electron chi connectivity index (χ3n) is 4.72. The topological polar surface area (TPSA) is 71.2 Å². The molecule has 2 aromatic rings. The molecule has 1 aromatic carbocycles. The molecule has 1 aliphatic rings. The van der Waals surface area contributed by atoms with Crippen LogP contribution in [0.15, 0.2) is 30.5 Å². The predicted octanol–water partition coefficient (Wildman–Crippen LogP) is 3.73. The van der Waals surface area contributed by atoms with E-state index in [1.165, 1.54) is 18.3 Å². The fraction of sp³-hybridized carbons (Fsp3) is 0.333. The third kappa shape index (κ3) is 3.92. The van der Waals surface area contributed by atoms with Crippen LogP contribution in [0.25, 0.3) is 0 Å². The van der Waals surface area contributed by atoms with Crippen molar-refractivity contribution in [3.8, 4) is 0 Å².